The van der Waals surface area contributed by atoms with Gasteiger partial charge < -0.3 is 29.4 Å². The lowest BCUT2D eigenvalue weighted by atomic mass is 9.98. The Kier molecular flexibility index (Phi) is 14.5. The summed E-state index contributed by atoms with van der Waals surface area (Å²) in [5, 5.41) is 0. The molecule has 0 unspecified atom stereocenters. The van der Waals surface area contributed by atoms with Crippen LogP contribution in [0.1, 0.15) is 104 Å². The first-order chi connectivity index (χ1) is 19.1. The average Bonchev–Trinajstić information content (AvgIpc) is 2.92. The zero-order valence-corrected chi connectivity index (χ0v) is 24.3. The highest BCUT2D eigenvalue weighted by Crippen LogP contribution is 2.30. The molecule has 3 atom stereocenters. The van der Waals surface area contributed by atoms with E-state index < -0.39 is 42.3 Å². The van der Waals surface area contributed by atoms with Crippen molar-refractivity contribution in [2.75, 3.05) is 0 Å². The van der Waals surface area contributed by atoms with E-state index in [2.05, 4.69) is 0 Å². The van der Waals surface area contributed by atoms with E-state index in [0.717, 1.165) is 44.9 Å². The molecule has 0 spiro atoms. The fraction of sp³-hybridized carbons (Fsp3) is 0.667. The maximum atomic E-state index is 12.7. The van der Waals surface area contributed by atoms with Crippen LogP contribution in [0.5, 0.6) is 11.5 Å². The first kappa shape index (κ1) is 33.1. The molecule has 1 aromatic carbocycles. The monoisotopic (exact) mass is 563 g/mol. The van der Waals surface area contributed by atoms with Gasteiger partial charge in [-0.1, -0.05) is 39.2 Å². The molecular formula is C30H45NO9. The zero-order chi connectivity index (χ0) is 29.5. The topological polar surface area (TPSA) is 140 Å². The van der Waals surface area contributed by atoms with Gasteiger partial charge in [0.15, 0.2) is 11.5 Å². The number of carbonyl (C=O) groups excluding carboxylic acids is 4. The van der Waals surface area contributed by atoms with E-state index in [1.54, 1.807) is 19.9 Å². The minimum Gasteiger partial charge on any atom is -0.458 e. The fourth-order valence-corrected chi connectivity index (χ4v) is 4.13. The summed E-state index contributed by atoms with van der Waals surface area (Å²) in [4.78, 5) is 49.3. The molecule has 0 aliphatic heterocycles. The highest BCUT2D eigenvalue weighted by molar-refractivity contribution is 5.77. The van der Waals surface area contributed by atoms with Gasteiger partial charge in [0, 0.05) is 12.8 Å². The third-order valence-electron chi connectivity index (χ3n) is 6.74. The second-order valence-electron chi connectivity index (χ2n) is 10.3. The van der Waals surface area contributed by atoms with E-state index in [1.165, 1.54) is 12.1 Å². The quantitative estimate of drug-likeness (QED) is 0.213. The third kappa shape index (κ3) is 11.9. The molecule has 0 heterocycles. The van der Waals surface area contributed by atoms with Crippen LogP contribution in [-0.2, 0) is 35.0 Å². The van der Waals surface area contributed by atoms with Gasteiger partial charge in [0.1, 0.15) is 24.4 Å². The number of hydrogen-bond acceptors (Lipinski definition) is 10. The third-order valence-corrected chi connectivity index (χ3v) is 6.74. The van der Waals surface area contributed by atoms with Crippen LogP contribution in [0, 0.1) is 0 Å². The summed E-state index contributed by atoms with van der Waals surface area (Å²) in [5.41, 5.74) is 6.70. The Hall–Kier alpha value is -3.14. The molecule has 2 N–H and O–H groups in total. The summed E-state index contributed by atoms with van der Waals surface area (Å²) >= 11 is 0. The number of nitrogens with two attached hydrogens (primary N) is 1. The number of unbranched alkanes of at least 4 members (excludes halogenated alkanes) is 2. The van der Waals surface area contributed by atoms with Crippen molar-refractivity contribution in [2.24, 2.45) is 5.73 Å². The van der Waals surface area contributed by atoms with Gasteiger partial charge in [0.25, 0.3) is 0 Å². The second kappa shape index (κ2) is 17.5. The van der Waals surface area contributed by atoms with Gasteiger partial charge in [0.2, 0.25) is 0 Å². The van der Waals surface area contributed by atoms with Gasteiger partial charge >= 0.3 is 24.1 Å². The number of benzene rings is 1. The highest BCUT2D eigenvalue weighted by Gasteiger charge is 2.27. The van der Waals surface area contributed by atoms with E-state index in [4.69, 9.17) is 29.4 Å². The maximum Gasteiger partial charge on any atom is 0.508 e. The zero-order valence-electron chi connectivity index (χ0n) is 24.3. The van der Waals surface area contributed by atoms with Gasteiger partial charge in [-0.2, -0.15) is 0 Å². The molecule has 1 aliphatic carbocycles. The van der Waals surface area contributed by atoms with Crippen LogP contribution in [0.25, 0.3) is 0 Å². The van der Waals surface area contributed by atoms with Crippen LogP contribution in [0.2, 0.25) is 0 Å². The molecule has 10 heteroatoms. The first-order valence-corrected chi connectivity index (χ1v) is 14.5. The van der Waals surface area contributed by atoms with Gasteiger partial charge in [-0.05, 0) is 76.5 Å². The van der Waals surface area contributed by atoms with Crippen LogP contribution < -0.4 is 15.2 Å². The van der Waals surface area contributed by atoms with E-state index in [-0.39, 0.29) is 36.9 Å². The first-order valence-electron chi connectivity index (χ1n) is 14.5. The molecule has 1 aromatic rings. The van der Waals surface area contributed by atoms with Crippen molar-refractivity contribution in [1.29, 1.82) is 0 Å². The summed E-state index contributed by atoms with van der Waals surface area (Å²) in [5.74, 6) is -1.33. The fourth-order valence-electron chi connectivity index (χ4n) is 4.13. The van der Waals surface area contributed by atoms with Crippen molar-refractivity contribution >= 4 is 24.1 Å². The van der Waals surface area contributed by atoms with Crippen LogP contribution in [-0.4, -0.2) is 48.4 Å². The van der Waals surface area contributed by atoms with Gasteiger partial charge in [-0.25, -0.2) is 4.79 Å². The summed E-state index contributed by atoms with van der Waals surface area (Å²) in [7, 11) is 0. The minimum atomic E-state index is -1.04. The molecule has 0 bridgehead atoms. The molecule has 1 saturated carbocycles. The maximum absolute atomic E-state index is 12.7. The Morgan fingerprint density at radius 3 is 2.02 bits per heavy atom. The van der Waals surface area contributed by atoms with E-state index in [1.807, 2.05) is 13.8 Å². The van der Waals surface area contributed by atoms with Crippen LogP contribution in [0.4, 0.5) is 4.79 Å². The standard InChI is InChI=1S/C30H45NO9/c1-5-7-14-27(32)39-25-17-16-22(19-26(25)40-28(33)15-8-6-2)18-24(31)29(34)36-20(3)21(4)37-30(35)38-23-12-10-9-11-13-23/h16-17,19-21,23-24H,5-15,18,31H2,1-4H3/t20-,21-,24-/m0/s1. The minimum absolute atomic E-state index is 0.0775. The van der Waals surface area contributed by atoms with Crippen molar-refractivity contribution in [1.82, 2.24) is 0 Å². The lowest BCUT2D eigenvalue weighted by Gasteiger charge is -2.25. The molecule has 0 aromatic heterocycles. The molecular weight excluding hydrogens is 518 g/mol. The molecule has 10 nitrogen and oxygen atoms in total. The summed E-state index contributed by atoms with van der Waals surface area (Å²) < 4.78 is 27.0. The number of rotatable bonds is 15. The Labute approximate surface area is 237 Å². The molecule has 1 fully saturated rings. The highest BCUT2D eigenvalue weighted by atomic mass is 16.7. The van der Waals surface area contributed by atoms with Gasteiger partial charge in [-0.3, -0.25) is 14.4 Å². The normalized spacial score (nSPS) is 15.8. The van der Waals surface area contributed by atoms with Crippen molar-refractivity contribution in [3.05, 3.63) is 23.8 Å². The van der Waals surface area contributed by atoms with Gasteiger partial charge in [-0.15, -0.1) is 0 Å². The Bertz CT molecular complexity index is 974. The lowest BCUT2D eigenvalue weighted by molar-refractivity contribution is -0.156. The number of carbonyl (C=O) groups is 4. The molecule has 0 saturated heterocycles. The van der Waals surface area contributed by atoms with Crippen LogP contribution in [0.15, 0.2) is 18.2 Å². The number of hydrogen-bond donors (Lipinski definition) is 1. The van der Waals surface area contributed by atoms with E-state index in [0.29, 0.717) is 18.4 Å². The van der Waals surface area contributed by atoms with Crippen LogP contribution >= 0.6 is 0 Å². The van der Waals surface area contributed by atoms with Gasteiger partial charge in [0.05, 0.1) is 0 Å². The SMILES string of the molecule is CCCCC(=O)Oc1ccc(C[C@H](N)C(=O)O[C@@H](C)[C@H](C)OC(=O)OC2CCCCC2)cc1OC(=O)CCCC. The Morgan fingerprint density at radius 2 is 1.43 bits per heavy atom. The molecule has 0 amide bonds. The molecule has 2 rings (SSSR count). The molecule has 40 heavy (non-hydrogen) atoms. The summed E-state index contributed by atoms with van der Waals surface area (Å²) in [6, 6.07) is 3.67. The van der Waals surface area contributed by atoms with E-state index >= 15 is 0 Å². The van der Waals surface area contributed by atoms with Crippen molar-refractivity contribution in [3.8, 4) is 11.5 Å². The van der Waals surface area contributed by atoms with Crippen molar-refractivity contribution in [2.45, 2.75) is 129 Å². The van der Waals surface area contributed by atoms with E-state index in [9.17, 15) is 19.2 Å². The smallest absolute Gasteiger partial charge is 0.458 e. The Balaban J connectivity index is 1.97. The van der Waals surface area contributed by atoms with Crippen molar-refractivity contribution < 1.29 is 42.9 Å². The van der Waals surface area contributed by atoms with Crippen LogP contribution in [0.3, 0.4) is 0 Å². The number of esters is 3. The lowest BCUT2D eigenvalue weighted by Crippen LogP contribution is -2.39. The predicted octanol–water partition coefficient (Wildman–Crippen LogP) is 5.55. The molecule has 1 aliphatic rings. The molecule has 0 radical (unpaired) electrons. The Morgan fingerprint density at radius 1 is 0.850 bits per heavy atom. The average molecular weight is 564 g/mol. The predicted molar refractivity (Wildman–Crippen MR) is 148 cm³/mol. The number of ether oxygens (including phenoxy) is 5. The molecule has 224 valence electrons. The summed E-state index contributed by atoms with van der Waals surface area (Å²) in [6.07, 6.45) is 6.00. The van der Waals surface area contributed by atoms with Crippen molar-refractivity contribution in [3.63, 3.8) is 0 Å². The largest absolute Gasteiger partial charge is 0.508 e. The second-order valence-corrected chi connectivity index (χ2v) is 10.3. The summed E-state index contributed by atoms with van der Waals surface area (Å²) in [6.45, 7) is 7.16.